The molecule has 0 aliphatic carbocycles. The zero-order valence-corrected chi connectivity index (χ0v) is 18.7. The molecular formula is C22H14ClN5O2S2. The zero-order valence-electron chi connectivity index (χ0n) is 16.3. The minimum Gasteiger partial charge on any atom is -0.457 e. The van der Waals surface area contributed by atoms with Crippen molar-refractivity contribution < 1.29 is 4.74 Å². The first-order valence-corrected chi connectivity index (χ1v) is 11.4. The largest absolute Gasteiger partial charge is 0.457 e. The fourth-order valence-corrected chi connectivity index (χ4v) is 4.88. The summed E-state index contributed by atoms with van der Waals surface area (Å²) in [5.74, 6) is 1.38. The molecule has 0 unspecified atom stereocenters. The lowest BCUT2D eigenvalue weighted by Crippen LogP contribution is -2.21. The van der Waals surface area contributed by atoms with Crippen LogP contribution in [0.5, 0.6) is 11.5 Å². The summed E-state index contributed by atoms with van der Waals surface area (Å²) in [5, 5.41) is 9.55. The van der Waals surface area contributed by atoms with Gasteiger partial charge in [0.2, 0.25) is 5.13 Å². The van der Waals surface area contributed by atoms with Crippen LogP contribution in [0, 0.1) is 0 Å². The lowest BCUT2D eigenvalue weighted by atomic mass is 10.2. The van der Waals surface area contributed by atoms with E-state index < -0.39 is 0 Å². The number of hydrogen-bond donors (Lipinski definition) is 1. The van der Waals surface area contributed by atoms with Gasteiger partial charge in [-0.2, -0.15) is 0 Å². The summed E-state index contributed by atoms with van der Waals surface area (Å²) in [6, 6.07) is 21.7. The molecule has 3 aromatic carbocycles. The van der Waals surface area contributed by atoms with Crippen LogP contribution in [0.15, 0.2) is 87.1 Å². The summed E-state index contributed by atoms with van der Waals surface area (Å²) in [6.45, 7) is 0. The molecule has 0 fully saturated rings. The maximum atomic E-state index is 13.4. The SMILES string of the molecule is Nc1nnc(Sc2nc3ccc(Cl)cc3c(=O)n2-c2ccc(Oc3ccccc3)cc2)s1. The van der Waals surface area contributed by atoms with E-state index in [2.05, 4.69) is 15.2 Å². The molecule has 32 heavy (non-hydrogen) atoms. The molecule has 2 N–H and O–H groups in total. The summed E-state index contributed by atoms with van der Waals surface area (Å²) in [6.07, 6.45) is 0. The van der Waals surface area contributed by atoms with Crippen LogP contribution in [-0.4, -0.2) is 19.7 Å². The number of ether oxygens (including phenoxy) is 1. The van der Waals surface area contributed by atoms with Gasteiger partial charge >= 0.3 is 0 Å². The first-order valence-electron chi connectivity index (χ1n) is 9.39. The van der Waals surface area contributed by atoms with Gasteiger partial charge in [-0.25, -0.2) is 4.98 Å². The molecule has 0 aliphatic heterocycles. The van der Waals surface area contributed by atoms with E-state index in [4.69, 9.17) is 22.1 Å². The van der Waals surface area contributed by atoms with Crippen molar-refractivity contribution >= 4 is 50.7 Å². The van der Waals surface area contributed by atoms with Crippen molar-refractivity contribution in [2.45, 2.75) is 9.50 Å². The van der Waals surface area contributed by atoms with Gasteiger partial charge < -0.3 is 10.5 Å². The standard InChI is InChI=1S/C22H14ClN5O2S2/c23-13-6-11-18-17(12-13)19(29)28(21(25-18)32-22-27-26-20(24)31-22)14-7-9-16(10-8-14)30-15-4-2-1-3-5-15/h1-12H,(H2,24,26). The van der Waals surface area contributed by atoms with Crippen LogP contribution < -0.4 is 16.0 Å². The van der Waals surface area contributed by atoms with E-state index in [1.54, 1.807) is 42.5 Å². The van der Waals surface area contributed by atoms with Crippen LogP contribution in [0.2, 0.25) is 5.02 Å². The predicted octanol–water partition coefficient (Wildman–Crippen LogP) is 5.42. The third kappa shape index (κ3) is 4.18. The van der Waals surface area contributed by atoms with Gasteiger partial charge in [-0.1, -0.05) is 41.1 Å². The Bertz CT molecular complexity index is 1470. The van der Waals surface area contributed by atoms with E-state index in [9.17, 15) is 4.79 Å². The van der Waals surface area contributed by atoms with Crippen molar-refractivity contribution in [3.05, 3.63) is 88.2 Å². The lowest BCUT2D eigenvalue weighted by molar-refractivity contribution is 0.482. The maximum absolute atomic E-state index is 13.4. The molecule has 0 spiro atoms. The van der Waals surface area contributed by atoms with Gasteiger partial charge in [0.25, 0.3) is 5.56 Å². The number of benzene rings is 3. The molecule has 0 radical (unpaired) electrons. The molecule has 2 heterocycles. The smallest absolute Gasteiger partial charge is 0.266 e. The van der Waals surface area contributed by atoms with Crippen molar-refractivity contribution in [2.24, 2.45) is 0 Å². The van der Waals surface area contributed by atoms with Crippen molar-refractivity contribution in [1.82, 2.24) is 19.7 Å². The highest BCUT2D eigenvalue weighted by Crippen LogP contribution is 2.32. The van der Waals surface area contributed by atoms with Gasteiger partial charge in [-0.3, -0.25) is 9.36 Å². The number of nitrogens with zero attached hydrogens (tertiary/aromatic N) is 4. The Morgan fingerprint density at radius 3 is 2.44 bits per heavy atom. The molecule has 5 rings (SSSR count). The van der Waals surface area contributed by atoms with Crippen LogP contribution in [0.4, 0.5) is 5.13 Å². The van der Waals surface area contributed by atoms with Crippen molar-refractivity contribution in [2.75, 3.05) is 5.73 Å². The number of hydrogen-bond acceptors (Lipinski definition) is 8. The topological polar surface area (TPSA) is 95.9 Å². The quantitative estimate of drug-likeness (QED) is 0.336. The van der Waals surface area contributed by atoms with Gasteiger partial charge in [0, 0.05) is 5.02 Å². The average molecular weight is 480 g/mol. The number of nitrogens with two attached hydrogens (primary N) is 1. The monoisotopic (exact) mass is 479 g/mol. The predicted molar refractivity (Wildman–Crippen MR) is 127 cm³/mol. The van der Waals surface area contributed by atoms with E-state index in [0.717, 1.165) is 5.75 Å². The lowest BCUT2D eigenvalue weighted by Gasteiger charge is -2.13. The van der Waals surface area contributed by atoms with E-state index in [1.807, 2.05) is 30.3 Å². The van der Waals surface area contributed by atoms with Crippen LogP contribution in [-0.2, 0) is 0 Å². The van der Waals surface area contributed by atoms with Crippen LogP contribution in [0.3, 0.4) is 0 Å². The van der Waals surface area contributed by atoms with Gasteiger partial charge in [0.05, 0.1) is 16.6 Å². The third-order valence-corrected chi connectivity index (χ3v) is 6.47. The van der Waals surface area contributed by atoms with E-state index in [0.29, 0.717) is 42.0 Å². The van der Waals surface area contributed by atoms with Crippen LogP contribution in [0.1, 0.15) is 0 Å². The zero-order chi connectivity index (χ0) is 22.1. The summed E-state index contributed by atoms with van der Waals surface area (Å²) in [5.41, 5.74) is 6.64. The van der Waals surface area contributed by atoms with Gasteiger partial charge in [-0.05, 0) is 66.4 Å². The molecule has 0 amide bonds. The Morgan fingerprint density at radius 2 is 1.72 bits per heavy atom. The van der Waals surface area contributed by atoms with Gasteiger partial charge in [0.1, 0.15) is 11.5 Å². The molecule has 7 nitrogen and oxygen atoms in total. The molecule has 2 aromatic heterocycles. The first-order chi connectivity index (χ1) is 15.6. The van der Waals surface area contributed by atoms with Gasteiger partial charge in [-0.15, -0.1) is 10.2 Å². The van der Waals surface area contributed by atoms with Crippen molar-refractivity contribution in [1.29, 1.82) is 0 Å². The molecule has 158 valence electrons. The normalized spacial score (nSPS) is 11.0. The first kappa shape index (κ1) is 20.5. The Labute approximate surface area is 195 Å². The highest BCUT2D eigenvalue weighted by Gasteiger charge is 2.16. The number of fused-ring (bicyclic) bond motifs is 1. The fraction of sp³-hybridized carbons (Fsp3) is 0. The number of halogens is 1. The minimum absolute atomic E-state index is 0.241. The molecule has 0 saturated heterocycles. The second-order valence-corrected chi connectivity index (χ2v) is 9.27. The van der Waals surface area contributed by atoms with Gasteiger partial charge in [0.15, 0.2) is 9.50 Å². The Hall–Kier alpha value is -3.40. The second-order valence-electron chi connectivity index (χ2n) is 6.61. The van der Waals surface area contributed by atoms with E-state index in [-0.39, 0.29) is 5.56 Å². The van der Waals surface area contributed by atoms with Crippen LogP contribution >= 0.6 is 34.7 Å². The molecule has 10 heteroatoms. The highest BCUT2D eigenvalue weighted by atomic mass is 35.5. The highest BCUT2D eigenvalue weighted by molar-refractivity contribution is 8.00. The summed E-state index contributed by atoms with van der Waals surface area (Å²) in [7, 11) is 0. The number of para-hydroxylation sites is 1. The number of anilines is 1. The van der Waals surface area contributed by atoms with E-state index >= 15 is 0 Å². The molecule has 5 aromatic rings. The average Bonchev–Trinajstić information content (AvgIpc) is 3.21. The maximum Gasteiger partial charge on any atom is 0.266 e. The molecule has 0 saturated carbocycles. The van der Waals surface area contributed by atoms with Crippen molar-refractivity contribution in [3.8, 4) is 17.2 Å². The second kappa shape index (κ2) is 8.62. The molecule has 0 bridgehead atoms. The third-order valence-electron chi connectivity index (χ3n) is 4.47. The summed E-state index contributed by atoms with van der Waals surface area (Å²) >= 11 is 8.58. The summed E-state index contributed by atoms with van der Waals surface area (Å²) in [4.78, 5) is 18.1. The molecule has 0 atom stereocenters. The van der Waals surface area contributed by atoms with Crippen LogP contribution in [0.25, 0.3) is 16.6 Å². The Kier molecular flexibility index (Phi) is 5.52. The number of rotatable bonds is 5. The minimum atomic E-state index is -0.241. The summed E-state index contributed by atoms with van der Waals surface area (Å²) < 4.78 is 7.96. The number of aromatic nitrogens is 4. The Morgan fingerprint density at radius 1 is 0.969 bits per heavy atom. The molecule has 0 aliphatic rings. The van der Waals surface area contributed by atoms with E-state index in [1.165, 1.54) is 27.7 Å². The number of nitrogen functional groups attached to an aromatic ring is 1. The molecular weight excluding hydrogens is 466 g/mol. The Balaban J connectivity index is 1.60. The van der Waals surface area contributed by atoms with Crippen molar-refractivity contribution in [3.63, 3.8) is 0 Å². The fourth-order valence-electron chi connectivity index (χ4n) is 3.06.